The zero-order valence-corrected chi connectivity index (χ0v) is 11.6. The standard InChI is InChI=1S/C13H21N3O2/c1-5-10-8-14-16-7-6-15(9-11(10)16)12(17)18-13(2,3)4/h8H,5-7,9H2,1-4H3. The molecule has 2 rings (SSSR count). The van der Waals surface area contributed by atoms with E-state index in [9.17, 15) is 4.79 Å². The van der Waals surface area contributed by atoms with E-state index in [2.05, 4.69) is 12.0 Å². The summed E-state index contributed by atoms with van der Waals surface area (Å²) in [4.78, 5) is 13.8. The number of carbonyl (C=O) groups excluding carboxylic acids is 1. The first-order valence-corrected chi connectivity index (χ1v) is 6.42. The van der Waals surface area contributed by atoms with E-state index < -0.39 is 5.60 Å². The molecule has 1 amide bonds. The van der Waals surface area contributed by atoms with Crippen molar-refractivity contribution in [1.29, 1.82) is 0 Å². The highest BCUT2D eigenvalue weighted by molar-refractivity contribution is 5.68. The Balaban J connectivity index is 2.09. The molecule has 1 aromatic rings. The molecule has 2 heterocycles. The second-order valence-corrected chi connectivity index (χ2v) is 5.60. The van der Waals surface area contributed by atoms with Gasteiger partial charge in [-0.1, -0.05) is 6.92 Å². The van der Waals surface area contributed by atoms with Crippen LogP contribution in [0.15, 0.2) is 6.20 Å². The van der Waals surface area contributed by atoms with Crippen LogP contribution in [-0.4, -0.2) is 32.9 Å². The maximum atomic E-state index is 12.0. The highest BCUT2D eigenvalue weighted by Crippen LogP contribution is 2.19. The lowest BCUT2D eigenvalue weighted by Crippen LogP contribution is -2.41. The Morgan fingerprint density at radius 3 is 2.78 bits per heavy atom. The Kier molecular flexibility index (Phi) is 3.32. The third kappa shape index (κ3) is 2.66. The minimum Gasteiger partial charge on any atom is -0.444 e. The Labute approximate surface area is 108 Å². The van der Waals surface area contributed by atoms with Crippen molar-refractivity contribution in [3.8, 4) is 0 Å². The lowest BCUT2D eigenvalue weighted by atomic mass is 10.1. The predicted molar refractivity (Wildman–Crippen MR) is 68.2 cm³/mol. The fourth-order valence-corrected chi connectivity index (χ4v) is 2.08. The fraction of sp³-hybridized carbons (Fsp3) is 0.692. The van der Waals surface area contributed by atoms with Gasteiger partial charge in [0.2, 0.25) is 0 Å². The van der Waals surface area contributed by atoms with Gasteiger partial charge in [0.05, 0.1) is 25.0 Å². The molecule has 0 atom stereocenters. The second-order valence-electron chi connectivity index (χ2n) is 5.60. The van der Waals surface area contributed by atoms with Crippen LogP contribution in [0, 0.1) is 0 Å². The predicted octanol–water partition coefficient (Wildman–Crippen LogP) is 2.20. The van der Waals surface area contributed by atoms with Crippen molar-refractivity contribution in [3.63, 3.8) is 0 Å². The number of carbonyl (C=O) groups is 1. The summed E-state index contributed by atoms with van der Waals surface area (Å²) < 4.78 is 7.39. The van der Waals surface area contributed by atoms with Crippen LogP contribution < -0.4 is 0 Å². The van der Waals surface area contributed by atoms with Crippen LogP contribution >= 0.6 is 0 Å². The van der Waals surface area contributed by atoms with Crippen molar-refractivity contribution in [3.05, 3.63) is 17.5 Å². The normalized spacial score (nSPS) is 15.4. The molecular weight excluding hydrogens is 230 g/mol. The number of fused-ring (bicyclic) bond motifs is 1. The van der Waals surface area contributed by atoms with Gasteiger partial charge in [0.25, 0.3) is 0 Å². The van der Waals surface area contributed by atoms with E-state index in [0.717, 1.165) is 18.7 Å². The van der Waals surface area contributed by atoms with Gasteiger partial charge in [-0.2, -0.15) is 5.10 Å². The Morgan fingerprint density at radius 1 is 1.44 bits per heavy atom. The van der Waals surface area contributed by atoms with Gasteiger partial charge < -0.3 is 9.64 Å². The third-order valence-electron chi connectivity index (χ3n) is 2.99. The number of aryl methyl sites for hydroxylation is 1. The summed E-state index contributed by atoms with van der Waals surface area (Å²) in [6, 6.07) is 0. The first-order valence-electron chi connectivity index (χ1n) is 6.42. The molecule has 0 fully saturated rings. The highest BCUT2D eigenvalue weighted by Gasteiger charge is 2.27. The summed E-state index contributed by atoms with van der Waals surface area (Å²) >= 11 is 0. The first-order chi connectivity index (χ1) is 8.40. The fourth-order valence-electron chi connectivity index (χ4n) is 2.08. The zero-order valence-electron chi connectivity index (χ0n) is 11.6. The van der Waals surface area contributed by atoms with Gasteiger partial charge in [0.15, 0.2) is 0 Å². The van der Waals surface area contributed by atoms with Crippen LogP contribution in [-0.2, 0) is 24.2 Å². The third-order valence-corrected chi connectivity index (χ3v) is 2.99. The number of nitrogens with zero attached hydrogens (tertiary/aromatic N) is 3. The molecule has 0 N–H and O–H groups in total. The molecule has 0 aromatic carbocycles. The Morgan fingerprint density at radius 2 is 2.17 bits per heavy atom. The molecule has 0 bridgehead atoms. The second kappa shape index (κ2) is 4.63. The van der Waals surface area contributed by atoms with Crippen molar-refractivity contribution >= 4 is 6.09 Å². The SMILES string of the molecule is CCc1cnn2c1CN(C(=O)OC(C)(C)C)CC2. The monoisotopic (exact) mass is 251 g/mol. The van der Waals surface area contributed by atoms with E-state index >= 15 is 0 Å². The number of hydrogen-bond donors (Lipinski definition) is 0. The van der Waals surface area contributed by atoms with Crippen molar-refractivity contribution < 1.29 is 9.53 Å². The van der Waals surface area contributed by atoms with E-state index in [1.54, 1.807) is 4.90 Å². The molecule has 5 heteroatoms. The molecule has 1 aliphatic rings. The van der Waals surface area contributed by atoms with Gasteiger partial charge in [-0.15, -0.1) is 0 Å². The lowest BCUT2D eigenvalue weighted by Gasteiger charge is -2.30. The maximum absolute atomic E-state index is 12.0. The van der Waals surface area contributed by atoms with Gasteiger partial charge in [0, 0.05) is 6.54 Å². The summed E-state index contributed by atoms with van der Waals surface area (Å²) in [6.07, 6.45) is 2.60. The number of amides is 1. The van der Waals surface area contributed by atoms with Crippen molar-refractivity contribution in [1.82, 2.24) is 14.7 Å². The van der Waals surface area contributed by atoms with E-state index in [1.165, 1.54) is 5.56 Å². The van der Waals surface area contributed by atoms with Gasteiger partial charge in [0.1, 0.15) is 5.60 Å². The molecule has 5 nitrogen and oxygen atoms in total. The molecule has 0 radical (unpaired) electrons. The van der Waals surface area contributed by atoms with Gasteiger partial charge >= 0.3 is 6.09 Å². The summed E-state index contributed by atoms with van der Waals surface area (Å²) in [6.45, 7) is 9.76. The molecule has 100 valence electrons. The summed E-state index contributed by atoms with van der Waals surface area (Å²) in [5.74, 6) is 0. The van der Waals surface area contributed by atoms with Crippen LogP contribution in [0.3, 0.4) is 0 Å². The van der Waals surface area contributed by atoms with Crippen LogP contribution in [0.1, 0.15) is 39.0 Å². The molecule has 18 heavy (non-hydrogen) atoms. The lowest BCUT2D eigenvalue weighted by molar-refractivity contribution is 0.0194. The zero-order chi connectivity index (χ0) is 13.3. The first kappa shape index (κ1) is 12.9. The molecule has 1 aliphatic heterocycles. The van der Waals surface area contributed by atoms with Crippen molar-refractivity contribution in [2.24, 2.45) is 0 Å². The largest absolute Gasteiger partial charge is 0.444 e. The van der Waals surface area contributed by atoms with Crippen LogP contribution in [0.5, 0.6) is 0 Å². The maximum Gasteiger partial charge on any atom is 0.410 e. The van der Waals surface area contributed by atoms with Crippen LogP contribution in [0.25, 0.3) is 0 Å². The van der Waals surface area contributed by atoms with Gasteiger partial charge in [-0.25, -0.2) is 4.79 Å². The van der Waals surface area contributed by atoms with Crippen LogP contribution in [0.4, 0.5) is 4.79 Å². The highest BCUT2D eigenvalue weighted by atomic mass is 16.6. The number of ether oxygens (including phenoxy) is 1. The van der Waals surface area contributed by atoms with E-state index in [4.69, 9.17) is 4.74 Å². The van der Waals surface area contributed by atoms with Crippen molar-refractivity contribution in [2.45, 2.75) is 52.8 Å². The van der Waals surface area contributed by atoms with Crippen LogP contribution in [0.2, 0.25) is 0 Å². The molecule has 0 spiro atoms. The molecule has 0 saturated carbocycles. The molecule has 0 unspecified atom stereocenters. The molecular formula is C13H21N3O2. The average molecular weight is 251 g/mol. The van der Waals surface area contributed by atoms with E-state index in [0.29, 0.717) is 13.1 Å². The Hall–Kier alpha value is -1.52. The van der Waals surface area contributed by atoms with Gasteiger partial charge in [-0.05, 0) is 32.8 Å². The molecule has 0 saturated heterocycles. The minimum absolute atomic E-state index is 0.239. The van der Waals surface area contributed by atoms with E-state index in [-0.39, 0.29) is 6.09 Å². The van der Waals surface area contributed by atoms with Crippen molar-refractivity contribution in [2.75, 3.05) is 6.54 Å². The quantitative estimate of drug-likeness (QED) is 0.768. The van der Waals surface area contributed by atoms with Gasteiger partial charge in [-0.3, -0.25) is 4.68 Å². The Bertz CT molecular complexity index is 432. The number of hydrogen-bond acceptors (Lipinski definition) is 3. The average Bonchev–Trinajstić information content (AvgIpc) is 2.68. The number of rotatable bonds is 1. The minimum atomic E-state index is -0.442. The van der Waals surface area contributed by atoms with E-state index in [1.807, 2.05) is 31.6 Å². The summed E-state index contributed by atoms with van der Waals surface area (Å²) in [7, 11) is 0. The topological polar surface area (TPSA) is 47.4 Å². The molecule has 0 aliphatic carbocycles. The number of aromatic nitrogens is 2. The molecule has 1 aromatic heterocycles. The summed E-state index contributed by atoms with van der Waals surface area (Å²) in [5, 5.41) is 4.33. The smallest absolute Gasteiger partial charge is 0.410 e. The summed E-state index contributed by atoms with van der Waals surface area (Å²) in [5.41, 5.74) is 1.90.